The Morgan fingerprint density at radius 2 is 1.45 bits per heavy atom. The van der Waals surface area contributed by atoms with Gasteiger partial charge in [-0.3, -0.25) is 13.9 Å². The molecule has 3 aromatic carbocycles. The second kappa shape index (κ2) is 14.2. The van der Waals surface area contributed by atoms with Gasteiger partial charge in [-0.25, -0.2) is 8.42 Å². The summed E-state index contributed by atoms with van der Waals surface area (Å²) in [4.78, 5) is 29.2. The zero-order valence-corrected chi connectivity index (χ0v) is 25.6. The van der Waals surface area contributed by atoms with Crippen molar-refractivity contribution in [2.24, 2.45) is 0 Å². The van der Waals surface area contributed by atoms with Crippen LogP contribution in [0.1, 0.15) is 31.4 Å². The Kier molecular flexibility index (Phi) is 11.3. The molecule has 0 fully saturated rings. The van der Waals surface area contributed by atoms with Gasteiger partial charge in [0.1, 0.15) is 12.6 Å². The molecular formula is C29H32Cl3N3O4S. The van der Waals surface area contributed by atoms with Gasteiger partial charge in [-0.15, -0.1) is 0 Å². The van der Waals surface area contributed by atoms with Crippen LogP contribution in [-0.4, -0.2) is 50.0 Å². The molecule has 0 unspecified atom stereocenters. The number of para-hydroxylation sites is 1. The van der Waals surface area contributed by atoms with E-state index in [2.05, 4.69) is 5.32 Å². The predicted molar refractivity (Wildman–Crippen MR) is 162 cm³/mol. The molecule has 0 aliphatic heterocycles. The van der Waals surface area contributed by atoms with Crippen LogP contribution in [0.25, 0.3) is 0 Å². The van der Waals surface area contributed by atoms with Gasteiger partial charge in [-0.2, -0.15) is 0 Å². The second-order valence-corrected chi connectivity index (χ2v) is 12.6. The van der Waals surface area contributed by atoms with Gasteiger partial charge in [0.05, 0.1) is 17.0 Å². The number of rotatable bonds is 12. The van der Waals surface area contributed by atoms with E-state index in [0.717, 1.165) is 16.1 Å². The number of nitrogens with zero attached hydrogens (tertiary/aromatic N) is 2. The Balaban J connectivity index is 2.12. The van der Waals surface area contributed by atoms with Gasteiger partial charge in [0.2, 0.25) is 21.8 Å². The summed E-state index contributed by atoms with van der Waals surface area (Å²) in [6, 6.07) is 19.4. The summed E-state index contributed by atoms with van der Waals surface area (Å²) in [5.41, 5.74) is 1.41. The molecule has 2 atom stereocenters. The van der Waals surface area contributed by atoms with Gasteiger partial charge in [-0.1, -0.05) is 90.3 Å². The molecule has 0 saturated carbocycles. The largest absolute Gasteiger partial charge is 0.352 e. The average molecular weight is 625 g/mol. The van der Waals surface area contributed by atoms with Crippen molar-refractivity contribution < 1.29 is 18.0 Å². The topological polar surface area (TPSA) is 86.8 Å². The van der Waals surface area contributed by atoms with Crippen LogP contribution in [0.4, 0.5) is 5.69 Å². The molecule has 0 heterocycles. The summed E-state index contributed by atoms with van der Waals surface area (Å²) in [6.07, 6.45) is 1.86. The van der Waals surface area contributed by atoms with Crippen LogP contribution >= 0.6 is 34.8 Å². The predicted octanol–water partition coefficient (Wildman–Crippen LogP) is 5.97. The number of carbonyl (C=O) groups is 2. The highest BCUT2D eigenvalue weighted by atomic mass is 35.5. The molecule has 1 N–H and O–H groups in total. The van der Waals surface area contributed by atoms with Crippen molar-refractivity contribution in [1.82, 2.24) is 10.2 Å². The molecule has 3 aromatic rings. The van der Waals surface area contributed by atoms with Crippen LogP contribution in [0.15, 0.2) is 72.8 Å². The molecule has 0 bridgehead atoms. The highest BCUT2D eigenvalue weighted by Gasteiger charge is 2.34. The van der Waals surface area contributed by atoms with Crippen LogP contribution in [0, 0.1) is 0 Å². The lowest BCUT2D eigenvalue weighted by atomic mass is 10.0. The number of sulfonamides is 1. The van der Waals surface area contributed by atoms with Crippen molar-refractivity contribution in [3.8, 4) is 0 Å². The molecule has 214 valence electrons. The molecule has 0 radical (unpaired) electrons. The molecule has 3 rings (SSSR count). The third kappa shape index (κ3) is 8.36. The molecule has 0 spiro atoms. The van der Waals surface area contributed by atoms with E-state index >= 15 is 0 Å². The summed E-state index contributed by atoms with van der Waals surface area (Å²) in [7, 11) is -3.94. The molecular weight excluding hydrogens is 593 g/mol. The van der Waals surface area contributed by atoms with Gasteiger partial charge < -0.3 is 10.2 Å². The maximum Gasteiger partial charge on any atom is 0.244 e. The monoisotopic (exact) mass is 623 g/mol. The smallest absolute Gasteiger partial charge is 0.244 e. The maximum absolute atomic E-state index is 14.1. The number of nitrogens with one attached hydrogen (secondary N) is 1. The molecule has 40 heavy (non-hydrogen) atoms. The molecule has 0 aliphatic carbocycles. The van der Waals surface area contributed by atoms with E-state index in [4.69, 9.17) is 34.8 Å². The summed E-state index contributed by atoms with van der Waals surface area (Å²) < 4.78 is 26.7. The van der Waals surface area contributed by atoms with Crippen molar-refractivity contribution in [2.45, 2.75) is 45.3 Å². The third-order valence-corrected chi connectivity index (χ3v) is 8.62. The van der Waals surface area contributed by atoms with Gasteiger partial charge in [-0.05, 0) is 43.2 Å². The van der Waals surface area contributed by atoms with Gasteiger partial charge in [0.15, 0.2) is 0 Å². The SMILES string of the molecule is CC[C@@H](C)NC(=O)[C@@H](Cc1ccccc1)N(Cc1c(Cl)cccc1Cl)C(=O)CN(c1ccccc1Cl)S(C)(=O)=O. The van der Waals surface area contributed by atoms with E-state index < -0.39 is 28.5 Å². The molecule has 0 aromatic heterocycles. The fourth-order valence-electron chi connectivity index (χ4n) is 4.10. The van der Waals surface area contributed by atoms with E-state index in [9.17, 15) is 18.0 Å². The molecule has 7 nitrogen and oxygen atoms in total. The van der Waals surface area contributed by atoms with Crippen LogP contribution in [0.3, 0.4) is 0 Å². The molecule has 0 saturated heterocycles. The van der Waals surface area contributed by atoms with Crippen LogP contribution in [0.2, 0.25) is 15.1 Å². The highest BCUT2D eigenvalue weighted by molar-refractivity contribution is 7.92. The first kappa shape index (κ1) is 31.7. The Morgan fingerprint density at radius 3 is 2.02 bits per heavy atom. The lowest BCUT2D eigenvalue weighted by molar-refractivity contribution is -0.140. The normalized spacial score (nSPS) is 12.8. The summed E-state index contributed by atoms with van der Waals surface area (Å²) in [6.45, 7) is 3.10. The minimum absolute atomic E-state index is 0.122. The first-order valence-corrected chi connectivity index (χ1v) is 15.7. The lowest BCUT2D eigenvalue weighted by Crippen LogP contribution is -2.54. The van der Waals surface area contributed by atoms with Crippen molar-refractivity contribution in [3.05, 3.63) is 99.0 Å². The highest BCUT2D eigenvalue weighted by Crippen LogP contribution is 2.30. The van der Waals surface area contributed by atoms with Crippen LogP contribution < -0.4 is 9.62 Å². The summed E-state index contributed by atoms with van der Waals surface area (Å²) >= 11 is 19.3. The minimum Gasteiger partial charge on any atom is -0.352 e. The fourth-order valence-corrected chi connectivity index (χ4v) is 5.76. The van der Waals surface area contributed by atoms with E-state index in [1.807, 2.05) is 44.2 Å². The fraction of sp³-hybridized carbons (Fsp3) is 0.310. The Labute approximate surface area is 251 Å². The Bertz CT molecular complexity index is 1420. The van der Waals surface area contributed by atoms with Gasteiger partial charge >= 0.3 is 0 Å². The third-order valence-electron chi connectivity index (χ3n) is 6.46. The number of halogens is 3. The van der Waals surface area contributed by atoms with E-state index in [1.165, 1.54) is 11.0 Å². The standard InChI is InChI=1S/C29H32Cl3N3O4S/c1-4-20(2)33-29(37)27(17-21-11-6-5-7-12-21)34(18-22-23(30)14-10-15-24(22)31)28(36)19-35(40(3,38)39)26-16-9-8-13-25(26)32/h5-16,20,27H,4,17-19H2,1-3H3,(H,33,37)/t20-,27-/m1/s1. The maximum atomic E-state index is 14.1. The van der Waals surface area contributed by atoms with Crippen molar-refractivity contribution in [3.63, 3.8) is 0 Å². The summed E-state index contributed by atoms with van der Waals surface area (Å²) in [5, 5.41) is 3.77. The number of anilines is 1. The zero-order chi connectivity index (χ0) is 29.4. The van der Waals surface area contributed by atoms with Crippen molar-refractivity contribution in [1.29, 1.82) is 0 Å². The van der Waals surface area contributed by atoms with Crippen LogP contribution in [0.5, 0.6) is 0 Å². The number of carbonyl (C=O) groups excluding carboxylic acids is 2. The quantitative estimate of drug-likeness (QED) is 0.269. The number of benzene rings is 3. The number of amides is 2. The lowest BCUT2D eigenvalue weighted by Gasteiger charge is -2.34. The van der Waals surface area contributed by atoms with E-state index in [-0.39, 0.29) is 35.6 Å². The Morgan fingerprint density at radius 1 is 0.875 bits per heavy atom. The number of hydrogen-bond acceptors (Lipinski definition) is 4. The first-order chi connectivity index (χ1) is 18.9. The van der Waals surface area contributed by atoms with Crippen molar-refractivity contribution >= 4 is 62.3 Å². The van der Waals surface area contributed by atoms with E-state index in [0.29, 0.717) is 22.0 Å². The van der Waals surface area contributed by atoms with Crippen molar-refractivity contribution in [2.75, 3.05) is 17.1 Å². The molecule has 2 amide bonds. The number of hydrogen-bond donors (Lipinski definition) is 1. The molecule has 11 heteroatoms. The zero-order valence-electron chi connectivity index (χ0n) is 22.5. The average Bonchev–Trinajstić information content (AvgIpc) is 2.91. The van der Waals surface area contributed by atoms with E-state index in [1.54, 1.807) is 36.4 Å². The Hall–Kier alpha value is -2.78. The molecule has 0 aliphatic rings. The summed E-state index contributed by atoms with van der Waals surface area (Å²) in [5.74, 6) is -1.00. The first-order valence-electron chi connectivity index (χ1n) is 12.7. The van der Waals surface area contributed by atoms with Gasteiger partial charge in [0, 0.05) is 34.6 Å². The van der Waals surface area contributed by atoms with Crippen LogP contribution in [-0.2, 0) is 32.6 Å². The minimum atomic E-state index is -3.94. The second-order valence-electron chi connectivity index (χ2n) is 9.47. The van der Waals surface area contributed by atoms with Gasteiger partial charge in [0.25, 0.3) is 0 Å².